The van der Waals surface area contributed by atoms with Crippen LogP contribution in [0.25, 0.3) is 0 Å². The Bertz CT molecular complexity index is 785. The summed E-state index contributed by atoms with van der Waals surface area (Å²) < 4.78 is 19.0. The van der Waals surface area contributed by atoms with E-state index in [9.17, 15) is 4.39 Å². The molecule has 0 N–H and O–H groups in total. The number of halogens is 1. The van der Waals surface area contributed by atoms with Crippen molar-refractivity contribution in [3.05, 3.63) is 70.1 Å². The first kappa shape index (κ1) is 15.5. The number of nitrogens with zero attached hydrogens (tertiary/aromatic N) is 3. The van der Waals surface area contributed by atoms with Crippen LogP contribution in [0.5, 0.6) is 0 Å². The average molecular weight is 343 g/mol. The number of oxazole rings is 1. The van der Waals surface area contributed by atoms with Crippen molar-refractivity contribution in [2.24, 2.45) is 0 Å². The monoisotopic (exact) mass is 343 g/mol. The minimum atomic E-state index is -0.221. The SMILES string of the molecule is Fc1ccc(Cc2cnc(C3CCCN3Cc3cncs3)o2)cc1. The third-order valence-corrected chi connectivity index (χ3v) is 5.12. The summed E-state index contributed by atoms with van der Waals surface area (Å²) in [5.41, 5.74) is 2.89. The van der Waals surface area contributed by atoms with Crippen molar-refractivity contribution in [1.82, 2.24) is 14.9 Å². The van der Waals surface area contributed by atoms with Crippen LogP contribution in [0.15, 0.2) is 46.6 Å². The summed E-state index contributed by atoms with van der Waals surface area (Å²) in [4.78, 5) is 12.3. The van der Waals surface area contributed by atoms with Crippen molar-refractivity contribution >= 4 is 11.3 Å². The van der Waals surface area contributed by atoms with Gasteiger partial charge in [0, 0.05) is 24.0 Å². The molecule has 1 aliphatic heterocycles. The van der Waals surface area contributed by atoms with Crippen molar-refractivity contribution in [3.63, 3.8) is 0 Å². The highest BCUT2D eigenvalue weighted by molar-refractivity contribution is 7.09. The summed E-state index contributed by atoms with van der Waals surface area (Å²) in [6, 6.07) is 6.74. The Labute approximate surface area is 144 Å². The minimum absolute atomic E-state index is 0.221. The average Bonchev–Trinajstić information content (AvgIpc) is 3.32. The van der Waals surface area contributed by atoms with Crippen molar-refractivity contribution < 1.29 is 8.81 Å². The fourth-order valence-electron chi connectivity index (χ4n) is 3.18. The Morgan fingerprint density at radius 2 is 2.12 bits per heavy atom. The summed E-state index contributed by atoms with van der Waals surface area (Å²) in [6.07, 6.45) is 6.57. The third kappa shape index (κ3) is 3.39. The predicted molar refractivity (Wildman–Crippen MR) is 90.2 cm³/mol. The first-order valence-electron chi connectivity index (χ1n) is 8.08. The second-order valence-electron chi connectivity index (χ2n) is 6.06. The lowest BCUT2D eigenvalue weighted by molar-refractivity contribution is 0.214. The fourth-order valence-corrected chi connectivity index (χ4v) is 3.80. The summed E-state index contributed by atoms with van der Waals surface area (Å²) in [5.74, 6) is 1.39. The Kier molecular flexibility index (Phi) is 4.40. The highest BCUT2D eigenvalue weighted by Gasteiger charge is 2.30. The zero-order chi connectivity index (χ0) is 16.4. The van der Waals surface area contributed by atoms with Crippen LogP contribution >= 0.6 is 11.3 Å². The summed E-state index contributed by atoms with van der Waals surface area (Å²) in [7, 11) is 0. The molecule has 0 saturated carbocycles. The molecule has 1 aliphatic rings. The van der Waals surface area contributed by atoms with E-state index in [1.807, 2.05) is 11.7 Å². The molecule has 124 valence electrons. The molecule has 0 radical (unpaired) electrons. The van der Waals surface area contributed by atoms with E-state index in [1.165, 1.54) is 17.0 Å². The van der Waals surface area contributed by atoms with Crippen LogP contribution in [0.3, 0.4) is 0 Å². The number of rotatable bonds is 5. The molecule has 3 aromatic rings. The second-order valence-corrected chi connectivity index (χ2v) is 7.04. The predicted octanol–water partition coefficient (Wildman–Crippen LogP) is 4.20. The van der Waals surface area contributed by atoms with E-state index < -0.39 is 0 Å². The van der Waals surface area contributed by atoms with Gasteiger partial charge in [-0.15, -0.1) is 11.3 Å². The largest absolute Gasteiger partial charge is 0.444 e. The molecular formula is C18H18FN3OS. The molecule has 0 spiro atoms. The van der Waals surface area contributed by atoms with Gasteiger partial charge < -0.3 is 4.42 Å². The molecule has 1 aromatic carbocycles. The highest BCUT2D eigenvalue weighted by atomic mass is 32.1. The van der Waals surface area contributed by atoms with E-state index >= 15 is 0 Å². The zero-order valence-corrected chi connectivity index (χ0v) is 14.0. The summed E-state index contributed by atoms with van der Waals surface area (Å²) in [6.45, 7) is 1.95. The zero-order valence-electron chi connectivity index (χ0n) is 13.2. The van der Waals surface area contributed by atoms with Gasteiger partial charge in [-0.1, -0.05) is 12.1 Å². The number of aromatic nitrogens is 2. The van der Waals surface area contributed by atoms with Crippen LogP contribution in [-0.4, -0.2) is 21.4 Å². The Hall–Kier alpha value is -2.05. The smallest absolute Gasteiger partial charge is 0.211 e. The van der Waals surface area contributed by atoms with E-state index in [-0.39, 0.29) is 11.9 Å². The van der Waals surface area contributed by atoms with Gasteiger partial charge in [-0.25, -0.2) is 9.37 Å². The fraction of sp³-hybridized carbons (Fsp3) is 0.333. The van der Waals surface area contributed by atoms with Crippen LogP contribution in [0.1, 0.15) is 41.0 Å². The van der Waals surface area contributed by atoms with Gasteiger partial charge in [-0.3, -0.25) is 9.88 Å². The topological polar surface area (TPSA) is 42.2 Å². The van der Waals surface area contributed by atoms with Crippen molar-refractivity contribution in [2.75, 3.05) is 6.54 Å². The Morgan fingerprint density at radius 3 is 2.92 bits per heavy atom. The number of hydrogen-bond donors (Lipinski definition) is 0. The quantitative estimate of drug-likeness (QED) is 0.696. The summed E-state index contributed by atoms with van der Waals surface area (Å²) in [5, 5.41) is 0. The van der Waals surface area contributed by atoms with Gasteiger partial charge >= 0.3 is 0 Å². The van der Waals surface area contributed by atoms with Gasteiger partial charge in [0.05, 0.1) is 17.7 Å². The van der Waals surface area contributed by atoms with E-state index in [0.29, 0.717) is 6.42 Å². The molecule has 4 rings (SSSR count). The maximum absolute atomic E-state index is 13.0. The van der Waals surface area contributed by atoms with Gasteiger partial charge in [0.1, 0.15) is 11.6 Å². The molecular weight excluding hydrogens is 325 g/mol. The number of benzene rings is 1. The number of hydrogen-bond acceptors (Lipinski definition) is 5. The van der Waals surface area contributed by atoms with Crippen molar-refractivity contribution in [1.29, 1.82) is 0 Å². The third-order valence-electron chi connectivity index (χ3n) is 4.35. The van der Waals surface area contributed by atoms with Gasteiger partial charge in [0.15, 0.2) is 0 Å². The van der Waals surface area contributed by atoms with Gasteiger partial charge in [0.25, 0.3) is 0 Å². The molecule has 0 aliphatic carbocycles. The highest BCUT2D eigenvalue weighted by Crippen LogP contribution is 2.33. The first-order valence-corrected chi connectivity index (χ1v) is 8.96. The van der Waals surface area contributed by atoms with E-state index in [2.05, 4.69) is 14.9 Å². The Balaban J connectivity index is 1.46. The lowest BCUT2D eigenvalue weighted by atomic mass is 10.1. The molecule has 4 nitrogen and oxygen atoms in total. The molecule has 24 heavy (non-hydrogen) atoms. The van der Waals surface area contributed by atoms with Crippen LogP contribution in [0, 0.1) is 5.82 Å². The van der Waals surface area contributed by atoms with Crippen LogP contribution < -0.4 is 0 Å². The first-order chi connectivity index (χ1) is 11.8. The lowest BCUT2D eigenvalue weighted by Gasteiger charge is -2.20. The molecule has 6 heteroatoms. The number of thiazole rings is 1. The van der Waals surface area contributed by atoms with Crippen LogP contribution in [0.4, 0.5) is 4.39 Å². The minimum Gasteiger partial charge on any atom is -0.444 e. The van der Waals surface area contributed by atoms with Crippen LogP contribution in [0.2, 0.25) is 0 Å². The van der Waals surface area contributed by atoms with Gasteiger partial charge in [0.2, 0.25) is 5.89 Å². The standard InChI is InChI=1S/C18H18FN3OS/c19-14-5-3-13(4-6-14)8-15-9-21-18(23-15)17-2-1-7-22(17)11-16-10-20-12-24-16/h3-6,9-10,12,17H,1-2,7-8,11H2. The molecule has 3 heterocycles. The molecule has 0 amide bonds. The van der Waals surface area contributed by atoms with Gasteiger partial charge in [-0.05, 0) is 37.1 Å². The molecule has 1 atom stereocenters. The Morgan fingerprint density at radius 1 is 1.25 bits per heavy atom. The number of likely N-dealkylation sites (tertiary alicyclic amines) is 1. The normalized spacial score (nSPS) is 18.3. The second kappa shape index (κ2) is 6.83. The van der Waals surface area contributed by atoms with Crippen molar-refractivity contribution in [3.8, 4) is 0 Å². The van der Waals surface area contributed by atoms with Gasteiger partial charge in [-0.2, -0.15) is 0 Å². The van der Waals surface area contributed by atoms with E-state index in [0.717, 1.165) is 43.1 Å². The molecule has 2 aromatic heterocycles. The molecule has 1 saturated heterocycles. The lowest BCUT2D eigenvalue weighted by Crippen LogP contribution is -2.22. The maximum atomic E-state index is 13.0. The molecule has 1 fully saturated rings. The van der Waals surface area contributed by atoms with E-state index in [4.69, 9.17) is 4.42 Å². The van der Waals surface area contributed by atoms with Crippen molar-refractivity contribution in [2.45, 2.75) is 31.8 Å². The molecule has 1 unspecified atom stereocenters. The maximum Gasteiger partial charge on any atom is 0.211 e. The van der Waals surface area contributed by atoms with Crippen LogP contribution in [-0.2, 0) is 13.0 Å². The molecule has 0 bridgehead atoms. The summed E-state index contributed by atoms with van der Waals surface area (Å²) >= 11 is 1.68. The van der Waals surface area contributed by atoms with E-state index in [1.54, 1.807) is 29.7 Å².